The summed E-state index contributed by atoms with van der Waals surface area (Å²) in [6.45, 7) is 2.84. The third-order valence-corrected chi connectivity index (χ3v) is 4.39. The first-order chi connectivity index (χ1) is 13.6. The van der Waals surface area contributed by atoms with Crippen LogP contribution >= 0.6 is 0 Å². The molecule has 0 radical (unpaired) electrons. The number of amides is 2. The van der Waals surface area contributed by atoms with Gasteiger partial charge in [0.1, 0.15) is 29.3 Å². The maximum Gasteiger partial charge on any atom is 0.312 e. The quantitative estimate of drug-likeness (QED) is 0.619. The number of pyridine rings is 1. The highest BCUT2D eigenvalue weighted by Crippen LogP contribution is 2.31. The minimum atomic E-state index is -0.582. The Labute approximate surface area is 162 Å². The number of oxazole rings is 1. The molecular weight excluding hydrogens is 360 g/mol. The molecule has 1 aliphatic carbocycles. The number of urea groups is 1. The zero-order valence-electron chi connectivity index (χ0n) is 15.6. The number of carbonyl (C=O) groups excluding carboxylic acids is 1. The van der Waals surface area contributed by atoms with Crippen molar-refractivity contribution in [2.24, 2.45) is 11.7 Å². The van der Waals surface area contributed by atoms with Crippen LogP contribution in [-0.2, 0) is 0 Å². The number of rotatable bonds is 8. The van der Waals surface area contributed by atoms with Crippen molar-refractivity contribution in [2.75, 3.05) is 13.2 Å². The Bertz CT molecular complexity index is 966. The van der Waals surface area contributed by atoms with E-state index in [0.717, 1.165) is 17.9 Å². The highest BCUT2D eigenvalue weighted by Gasteiger charge is 2.22. The van der Waals surface area contributed by atoms with Crippen LogP contribution in [0.1, 0.15) is 19.8 Å². The Kier molecular flexibility index (Phi) is 5.01. The highest BCUT2D eigenvalue weighted by atomic mass is 16.5. The molecular formula is C20H22N4O4. The van der Waals surface area contributed by atoms with E-state index in [4.69, 9.17) is 19.6 Å². The molecule has 2 heterocycles. The van der Waals surface area contributed by atoms with Crippen LogP contribution < -0.4 is 20.5 Å². The fourth-order valence-corrected chi connectivity index (χ4v) is 2.70. The van der Waals surface area contributed by atoms with Crippen LogP contribution in [0.15, 0.2) is 40.9 Å². The Morgan fingerprint density at radius 2 is 2.11 bits per heavy atom. The molecule has 8 nitrogen and oxygen atoms in total. The SMILES string of the molecule is C[C@@H](COc1ccc(-c2nc3ccc(OCC4CC4)cc3o2)nc1)NC(N)=O. The molecule has 1 atom stereocenters. The van der Waals surface area contributed by atoms with Crippen LogP contribution in [0, 0.1) is 5.92 Å². The topological polar surface area (TPSA) is 112 Å². The number of nitrogens with zero attached hydrogens (tertiary/aromatic N) is 2. The highest BCUT2D eigenvalue weighted by molar-refractivity contribution is 5.77. The van der Waals surface area contributed by atoms with E-state index in [-0.39, 0.29) is 12.6 Å². The molecule has 28 heavy (non-hydrogen) atoms. The Hall–Kier alpha value is -3.29. The number of nitrogens with two attached hydrogens (primary N) is 1. The number of ether oxygens (including phenoxy) is 2. The maximum atomic E-state index is 10.8. The standard InChI is InChI=1S/C20H22N4O4/c1-12(23-20(21)25)10-26-15-5-7-17(22-9-15)19-24-16-6-4-14(8-18(16)28-19)27-11-13-2-3-13/h4-9,12-13H,2-3,10-11H2,1H3,(H3,21,23,25)/t12-/m0/s1. The fraction of sp³-hybridized carbons (Fsp3) is 0.350. The predicted molar refractivity (Wildman–Crippen MR) is 103 cm³/mol. The van der Waals surface area contributed by atoms with E-state index in [0.29, 0.717) is 28.8 Å². The van der Waals surface area contributed by atoms with Gasteiger partial charge in [-0.3, -0.25) is 0 Å². The molecule has 1 aliphatic rings. The molecule has 146 valence electrons. The van der Waals surface area contributed by atoms with Gasteiger partial charge in [0, 0.05) is 6.07 Å². The van der Waals surface area contributed by atoms with Crippen LogP contribution in [-0.4, -0.2) is 35.3 Å². The van der Waals surface area contributed by atoms with Crippen LogP contribution in [0.25, 0.3) is 22.7 Å². The number of carbonyl (C=O) groups is 1. The first-order valence-electron chi connectivity index (χ1n) is 9.25. The van der Waals surface area contributed by atoms with Crippen molar-refractivity contribution in [3.63, 3.8) is 0 Å². The number of hydrogen-bond donors (Lipinski definition) is 2. The van der Waals surface area contributed by atoms with Gasteiger partial charge in [0.15, 0.2) is 5.58 Å². The van der Waals surface area contributed by atoms with Crippen molar-refractivity contribution in [3.05, 3.63) is 36.5 Å². The minimum Gasteiger partial charge on any atom is -0.493 e. The number of fused-ring (bicyclic) bond motifs is 1. The monoisotopic (exact) mass is 382 g/mol. The van der Waals surface area contributed by atoms with Gasteiger partial charge in [-0.05, 0) is 49.9 Å². The normalized spacial score (nSPS) is 14.6. The lowest BCUT2D eigenvalue weighted by atomic mass is 10.3. The third kappa shape index (κ3) is 4.51. The average molecular weight is 382 g/mol. The fourth-order valence-electron chi connectivity index (χ4n) is 2.70. The average Bonchev–Trinajstić information content (AvgIpc) is 3.41. The first kappa shape index (κ1) is 18.1. The molecule has 8 heteroatoms. The van der Waals surface area contributed by atoms with Crippen molar-refractivity contribution in [3.8, 4) is 23.1 Å². The summed E-state index contributed by atoms with van der Waals surface area (Å²) in [7, 11) is 0. The van der Waals surface area contributed by atoms with E-state index in [2.05, 4.69) is 15.3 Å². The summed E-state index contributed by atoms with van der Waals surface area (Å²) in [6.07, 6.45) is 4.09. The van der Waals surface area contributed by atoms with Gasteiger partial charge in [-0.25, -0.2) is 14.8 Å². The summed E-state index contributed by atoms with van der Waals surface area (Å²) in [4.78, 5) is 19.6. The van der Waals surface area contributed by atoms with E-state index in [1.54, 1.807) is 25.3 Å². The lowest BCUT2D eigenvalue weighted by molar-refractivity contribution is 0.233. The molecule has 1 fully saturated rings. The molecule has 0 aliphatic heterocycles. The number of benzene rings is 1. The van der Waals surface area contributed by atoms with Crippen molar-refractivity contribution in [1.29, 1.82) is 0 Å². The van der Waals surface area contributed by atoms with Crippen LogP contribution in [0.5, 0.6) is 11.5 Å². The molecule has 0 bridgehead atoms. The second-order valence-corrected chi connectivity index (χ2v) is 7.00. The Morgan fingerprint density at radius 1 is 1.29 bits per heavy atom. The summed E-state index contributed by atoms with van der Waals surface area (Å²) >= 11 is 0. The van der Waals surface area contributed by atoms with Gasteiger partial charge in [-0.2, -0.15) is 0 Å². The van der Waals surface area contributed by atoms with Gasteiger partial charge in [0.25, 0.3) is 0 Å². The van der Waals surface area contributed by atoms with E-state index < -0.39 is 6.03 Å². The molecule has 4 rings (SSSR count). The van der Waals surface area contributed by atoms with Gasteiger partial charge in [-0.15, -0.1) is 0 Å². The molecule has 0 unspecified atom stereocenters. The van der Waals surface area contributed by atoms with Gasteiger partial charge >= 0.3 is 6.03 Å². The molecule has 3 N–H and O–H groups in total. The van der Waals surface area contributed by atoms with Gasteiger partial charge < -0.3 is 24.9 Å². The Balaban J connectivity index is 1.41. The van der Waals surface area contributed by atoms with E-state index in [1.807, 2.05) is 18.2 Å². The van der Waals surface area contributed by atoms with E-state index >= 15 is 0 Å². The first-order valence-corrected chi connectivity index (χ1v) is 9.25. The molecule has 2 aromatic heterocycles. The summed E-state index contributed by atoms with van der Waals surface area (Å²) in [5.41, 5.74) is 7.10. The number of hydrogen-bond acceptors (Lipinski definition) is 6. The zero-order chi connectivity index (χ0) is 19.5. The summed E-state index contributed by atoms with van der Waals surface area (Å²) in [5.74, 6) is 2.50. The van der Waals surface area contributed by atoms with E-state index in [1.165, 1.54) is 12.8 Å². The van der Waals surface area contributed by atoms with Gasteiger partial charge in [0.05, 0.1) is 18.8 Å². The second-order valence-electron chi connectivity index (χ2n) is 7.00. The smallest absolute Gasteiger partial charge is 0.312 e. The lowest BCUT2D eigenvalue weighted by Gasteiger charge is -2.13. The van der Waals surface area contributed by atoms with Crippen molar-refractivity contribution in [2.45, 2.75) is 25.8 Å². The Morgan fingerprint density at radius 3 is 2.82 bits per heavy atom. The third-order valence-electron chi connectivity index (χ3n) is 4.39. The number of nitrogens with one attached hydrogen (secondary N) is 1. The maximum absolute atomic E-state index is 10.8. The number of primary amides is 1. The summed E-state index contributed by atoms with van der Waals surface area (Å²) in [5, 5.41) is 2.55. The molecule has 1 aromatic carbocycles. The van der Waals surface area contributed by atoms with E-state index in [9.17, 15) is 4.79 Å². The minimum absolute atomic E-state index is 0.203. The van der Waals surface area contributed by atoms with Gasteiger partial charge in [0.2, 0.25) is 5.89 Å². The van der Waals surface area contributed by atoms with Crippen molar-refractivity contribution in [1.82, 2.24) is 15.3 Å². The van der Waals surface area contributed by atoms with Crippen LogP contribution in [0.4, 0.5) is 4.79 Å². The summed E-state index contributed by atoms with van der Waals surface area (Å²) in [6, 6.07) is 8.42. The molecule has 0 saturated heterocycles. The van der Waals surface area contributed by atoms with Crippen molar-refractivity contribution >= 4 is 17.1 Å². The van der Waals surface area contributed by atoms with Crippen LogP contribution in [0.2, 0.25) is 0 Å². The molecule has 0 spiro atoms. The summed E-state index contributed by atoms with van der Waals surface area (Å²) < 4.78 is 17.2. The largest absolute Gasteiger partial charge is 0.493 e. The second kappa shape index (κ2) is 7.75. The lowest BCUT2D eigenvalue weighted by Crippen LogP contribution is -2.40. The molecule has 1 saturated carbocycles. The predicted octanol–water partition coefficient (Wildman–Crippen LogP) is 3.11. The molecule has 3 aromatic rings. The van der Waals surface area contributed by atoms with Crippen LogP contribution in [0.3, 0.4) is 0 Å². The van der Waals surface area contributed by atoms with Gasteiger partial charge in [-0.1, -0.05) is 0 Å². The number of aromatic nitrogens is 2. The zero-order valence-corrected chi connectivity index (χ0v) is 15.6. The van der Waals surface area contributed by atoms with Crippen molar-refractivity contribution < 1.29 is 18.7 Å². The molecule has 2 amide bonds.